The third kappa shape index (κ3) is 5.84. The van der Waals surface area contributed by atoms with Gasteiger partial charge in [0.2, 0.25) is 0 Å². The SMILES string of the molecule is CCOC(=O)/C=C(C)\C=N\OCc1ccccc1. The number of allylic oxidation sites excluding steroid dienone is 1. The van der Waals surface area contributed by atoms with Crippen molar-refractivity contribution in [1.29, 1.82) is 0 Å². The monoisotopic (exact) mass is 247 g/mol. The zero-order chi connectivity index (χ0) is 13.2. The maximum Gasteiger partial charge on any atom is 0.331 e. The lowest BCUT2D eigenvalue weighted by Crippen LogP contribution is -2.00. The van der Waals surface area contributed by atoms with E-state index in [9.17, 15) is 4.79 Å². The van der Waals surface area contributed by atoms with Gasteiger partial charge in [0, 0.05) is 6.08 Å². The van der Waals surface area contributed by atoms with Gasteiger partial charge in [-0.05, 0) is 25.0 Å². The van der Waals surface area contributed by atoms with E-state index in [2.05, 4.69) is 5.16 Å². The molecule has 0 radical (unpaired) electrons. The van der Waals surface area contributed by atoms with Gasteiger partial charge < -0.3 is 9.57 Å². The Balaban J connectivity index is 2.34. The van der Waals surface area contributed by atoms with E-state index in [1.54, 1.807) is 13.8 Å². The molecule has 0 spiro atoms. The molecular weight excluding hydrogens is 230 g/mol. The average molecular weight is 247 g/mol. The van der Waals surface area contributed by atoms with Gasteiger partial charge in [0.25, 0.3) is 0 Å². The number of hydrogen-bond acceptors (Lipinski definition) is 4. The fourth-order valence-corrected chi connectivity index (χ4v) is 1.21. The second-order valence-corrected chi connectivity index (χ2v) is 3.63. The molecule has 1 aromatic rings. The van der Waals surface area contributed by atoms with Crippen LogP contribution in [0.25, 0.3) is 0 Å². The number of hydrogen-bond donors (Lipinski definition) is 0. The molecule has 0 heterocycles. The number of nitrogens with zero attached hydrogens (tertiary/aromatic N) is 1. The Kier molecular flexibility index (Phi) is 6.25. The van der Waals surface area contributed by atoms with Crippen LogP contribution in [0.5, 0.6) is 0 Å². The van der Waals surface area contributed by atoms with E-state index >= 15 is 0 Å². The summed E-state index contributed by atoms with van der Waals surface area (Å²) in [7, 11) is 0. The lowest BCUT2D eigenvalue weighted by molar-refractivity contribution is -0.137. The van der Waals surface area contributed by atoms with Crippen molar-refractivity contribution < 1.29 is 14.4 Å². The van der Waals surface area contributed by atoms with Crippen LogP contribution in [0, 0.1) is 0 Å². The van der Waals surface area contributed by atoms with Gasteiger partial charge in [-0.1, -0.05) is 35.5 Å². The van der Waals surface area contributed by atoms with Crippen molar-refractivity contribution in [2.24, 2.45) is 5.16 Å². The van der Waals surface area contributed by atoms with Gasteiger partial charge in [-0.2, -0.15) is 0 Å². The number of esters is 1. The molecule has 0 aromatic heterocycles. The Morgan fingerprint density at radius 1 is 1.33 bits per heavy atom. The van der Waals surface area contributed by atoms with E-state index in [4.69, 9.17) is 9.57 Å². The topological polar surface area (TPSA) is 47.9 Å². The molecule has 0 aliphatic heterocycles. The van der Waals surface area contributed by atoms with Crippen molar-refractivity contribution in [2.45, 2.75) is 20.5 Å². The van der Waals surface area contributed by atoms with Gasteiger partial charge in [0.05, 0.1) is 12.8 Å². The Morgan fingerprint density at radius 3 is 2.72 bits per heavy atom. The fourth-order valence-electron chi connectivity index (χ4n) is 1.21. The summed E-state index contributed by atoms with van der Waals surface area (Å²) in [6.45, 7) is 4.29. The van der Waals surface area contributed by atoms with Gasteiger partial charge in [-0.3, -0.25) is 0 Å². The standard InChI is InChI=1S/C14H17NO3/c1-3-17-14(16)9-12(2)10-15-18-11-13-7-5-4-6-8-13/h4-10H,3,11H2,1-2H3/b12-9-,15-10+. The smallest absolute Gasteiger partial charge is 0.331 e. The van der Waals surface area contributed by atoms with Crippen LogP contribution < -0.4 is 0 Å². The van der Waals surface area contributed by atoms with Crippen molar-refractivity contribution in [3.63, 3.8) is 0 Å². The van der Waals surface area contributed by atoms with Crippen LogP contribution in [0.15, 0.2) is 47.1 Å². The number of oxime groups is 1. The third-order valence-electron chi connectivity index (χ3n) is 2.04. The summed E-state index contributed by atoms with van der Waals surface area (Å²) in [6.07, 6.45) is 2.86. The normalized spacial score (nSPS) is 11.6. The minimum Gasteiger partial charge on any atom is -0.463 e. The highest BCUT2D eigenvalue weighted by Crippen LogP contribution is 2.00. The number of carbonyl (C=O) groups excluding carboxylic acids is 1. The molecule has 0 aliphatic rings. The van der Waals surface area contributed by atoms with E-state index in [1.807, 2.05) is 30.3 Å². The molecule has 96 valence electrons. The minimum absolute atomic E-state index is 0.365. The summed E-state index contributed by atoms with van der Waals surface area (Å²) in [4.78, 5) is 16.2. The van der Waals surface area contributed by atoms with Crippen LogP contribution in [0.2, 0.25) is 0 Å². The molecule has 0 saturated heterocycles. The van der Waals surface area contributed by atoms with Crippen molar-refractivity contribution >= 4 is 12.2 Å². The fraction of sp³-hybridized carbons (Fsp3) is 0.286. The minimum atomic E-state index is -0.371. The molecule has 0 unspecified atom stereocenters. The highest BCUT2D eigenvalue weighted by atomic mass is 16.6. The molecule has 0 fully saturated rings. The van der Waals surface area contributed by atoms with Crippen LogP contribution in [0.4, 0.5) is 0 Å². The number of benzene rings is 1. The van der Waals surface area contributed by atoms with Gasteiger partial charge in [0.15, 0.2) is 0 Å². The van der Waals surface area contributed by atoms with Crippen molar-refractivity contribution in [2.75, 3.05) is 6.61 Å². The molecule has 4 heteroatoms. The highest BCUT2D eigenvalue weighted by molar-refractivity contribution is 5.90. The lowest BCUT2D eigenvalue weighted by Gasteiger charge is -1.99. The summed E-state index contributed by atoms with van der Waals surface area (Å²) in [5, 5.41) is 3.78. The zero-order valence-electron chi connectivity index (χ0n) is 10.6. The largest absolute Gasteiger partial charge is 0.463 e. The second kappa shape index (κ2) is 8.06. The first-order chi connectivity index (χ1) is 8.72. The predicted molar refractivity (Wildman–Crippen MR) is 70.1 cm³/mol. The first kappa shape index (κ1) is 14.0. The van der Waals surface area contributed by atoms with Crippen molar-refractivity contribution in [1.82, 2.24) is 0 Å². The Morgan fingerprint density at radius 2 is 2.06 bits per heavy atom. The predicted octanol–water partition coefficient (Wildman–Crippen LogP) is 2.70. The molecule has 0 bridgehead atoms. The van der Waals surface area contributed by atoms with Crippen LogP contribution in [0.1, 0.15) is 19.4 Å². The molecule has 4 nitrogen and oxygen atoms in total. The van der Waals surface area contributed by atoms with Crippen LogP contribution in [0.3, 0.4) is 0 Å². The number of rotatable bonds is 6. The average Bonchev–Trinajstić information content (AvgIpc) is 2.36. The summed E-state index contributed by atoms with van der Waals surface area (Å²) >= 11 is 0. The van der Waals surface area contributed by atoms with Gasteiger partial charge in [-0.15, -0.1) is 0 Å². The first-order valence-corrected chi connectivity index (χ1v) is 5.76. The quantitative estimate of drug-likeness (QED) is 0.336. The summed E-state index contributed by atoms with van der Waals surface area (Å²) < 4.78 is 4.77. The van der Waals surface area contributed by atoms with Crippen molar-refractivity contribution in [3.8, 4) is 0 Å². The van der Waals surface area contributed by atoms with Crippen LogP contribution >= 0.6 is 0 Å². The summed E-state index contributed by atoms with van der Waals surface area (Å²) in [6, 6.07) is 9.73. The second-order valence-electron chi connectivity index (χ2n) is 3.63. The van der Waals surface area contributed by atoms with Crippen molar-refractivity contribution in [3.05, 3.63) is 47.5 Å². The van der Waals surface area contributed by atoms with E-state index in [-0.39, 0.29) is 5.97 Å². The van der Waals surface area contributed by atoms with E-state index < -0.39 is 0 Å². The number of carbonyl (C=O) groups is 1. The Bertz CT molecular complexity index is 424. The molecule has 18 heavy (non-hydrogen) atoms. The molecule has 0 N–H and O–H groups in total. The van der Waals surface area contributed by atoms with Gasteiger partial charge >= 0.3 is 5.97 Å². The van der Waals surface area contributed by atoms with E-state index in [1.165, 1.54) is 12.3 Å². The summed E-state index contributed by atoms with van der Waals surface area (Å²) in [5.41, 5.74) is 1.73. The molecule has 0 saturated carbocycles. The maximum atomic E-state index is 11.1. The van der Waals surface area contributed by atoms with Gasteiger partial charge in [-0.25, -0.2) is 4.79 Å². The molecule has 1 aromatic carbocycles. The van der Waals surface area contributed by atoms with E-state index in [0.717, 1.165) is 5.56 Å². The van der Waals surface area contributed by atoms with Crippen LogP contribution in [-0.4, -0.2) is 18.8 Å². The highest BCUT2D eigenvalue weighted by Gasteiger charge is 1.95. The third-order valence-corrected chi connectivity index (χ3v) is 2.04. The molecule has 0 amide bonds. The molecule has 0 atom stereocenters. The zero-order valence-corrected chi connectivity index (χ0v) is 10.6. The molecular formula is C14H17NO3. The first-order valence-electron chi connectivity index (χ1n) is 5.76. The number of ether oxygens (including phenoxy) is 1. The van der Waals surface area contributed by atoms with Gasteiger partial charge in [0.1, 0.15) is 6.61 Å². The summed E-state index contributed by atoms with van der Waals surface area (Å²) in [5.74, 6) is -0.371. The maximum absolute atomic E-state index is 11.1. The Hall–Kier alpha value is -2.10. The molecule has 0 aliphatic carbocycles. The van der Waals surface area contributed by atoms with E-state index in [0.29, 0.717) is 18.8 Å². The lowest BCUT2D eigenvalue weighted by atomic mass is 10.2. The van der Waals surface area contributed by atoms with Crippen LogP contribution in [-0.2, 0) is 21.0 Å². The Labute approximate surface area is 107 Å². The molecule has 1 rings (SSSR count).